The summed E-state index contributed by atoms with van der Waals surface area (Å²) in [6.07, 6.45) is 5.52. The zero-order chi connectivity index (χ0) is 20.3. The minimum atomic E-state index is -0.0779. The number of morpholine rings is 1. The number of amides is 1. The molecule has 9 heteroatoms. The molecule has 2 aliphatic rings. The van der Waals surface area contributed by atoms with Gasteiger partial charge in [-0.05, 0) is 30.4 Å². The summed E-state index contributed by atoms with van der Waals surface area (Å²) in [7, 11) is 0. The number of aromatic nitrogens is 4. The highest BCUT2D eigenvalue weighted by atomic mass is 32.1. The molecule has 30 heavy (non-hydrogen) atoms. The summed E-state index contributed by atoms with van der Waals surface area (Å²) in [5.74, 6) is 0.766. The Morgan fingerprint density at radius 1 is 1.27 bits per heavy atom. The highest BCUT2D eigenvalue weighted by Gasteiger charge is 2.33. The topological polar surface area (TPSA) is 85.2 Å². The van der Waals surface area contributed by atoms with Crippen LogP contribution in [0, 0.1) is 0 Å². The van der Waals surface area contributed by atoms with E-state index in [-0.39, 0.29) is 5.91 Å². The van der Waals surface area contributed by atoms with Gasteiger partial charge in [-0.15, -0.1) is 11.3 Å². The number of hydrogen-bond acceptors (Lipinski definition) is 7. The second-order valence-corrected chi connectivity index (χ2v) is 8.51. The fourth-order valence-corrected chi connectivity index (χ4v) is 4.40. The minimum absolute atomic E-state index is 0.0779. The van der Waals surface area contributed by atoms with Crippen LogP contribution in [0.4, 0.5) is 0 Å². The Balaban J connectivity index is 1.34. The molecule has 1 aliphatic heterocycles. The van der Waals surface area contributed by atoms with Crippen molar-refractivity contribution < 1.29 is 9.53 Å². The van der Waals surface area contributed by atoms with Crippen molar-refractivity contribution in [3.8, 4) is 16.5 Å². The molecule has 0 aromatic carbocycles. The lowest BCUT2D eigenvalue weighted by Gasteiger charge is -2.26. The Labute approximate surface area is 178 Å². The first-order valence-electron chi connectivity index (χ1n) is 10.3. The number of carbonyl (C=O) groups is 1. The maximum absolute atomic E-state index is 12.9. The van der Waals surface area contributed by atoms with Gasteiger partial charge in [-0.25, -0.2) is 14.6 Å². The van der Waals surface area contributed by atoms with Gasteiger partial charge < -0.3 is 10.1 Å². The lowest BCUT2D eigenvalue weighted by molar-refractivity contribution is 0.0383. The van der Waals surface area contributed by atoms with E-state index in [1.807, 2.05) is 23.6 Å². The highest BCUT2D eigenvalue weighted by molar-refractivity contribution is 7.13. The third kappa shape index (κ3) is 4.14. The van der Waals surface area contributed by atoms with E-state index >= 15 is 0 Å². The van der Waals surface area contributed by atoms with Crippen molar-refractivity contribution in [1.82, 2.24) is 30.0 Å². The Hall–Kier alpha value is -2.62. The number of nitrogens with one attached hydrogen (secondary N) is 1. The first-order valence-corrected chi connectivity index (χ1v) is 11.2. The second-order valence-electron chi connectivity index (χ2n) is 7.56. The molecule has 3 aromatic rings. The predicted octanol–water partition coefficient (Wildman–Crippen LogP) is 2.33. The van der Waals surface area contributed by atoms with Crippen molar-refractivity contribution in [3.63, 3.8) is 0 Å². The van der Waals surface area contributed by atoms with E-state index in [0.717, 1.165) is 62.0 Å². The van der Waals surface area contributed by atoms with Gasteiger partial charge in [-0.1, -0.05) is 6.07 Å². The van der Waals surface area contributed by atoms with Crippen molar-refractivity contribution >= 4 is 17.2 Å². The van der Waals surface area contributed by atoms with Crippen molar-refractivity contribution in [2.75, 3.05) is 39.4 Å². The van der Waals surface area contributed by atoms with Crippen LogP contribution in [-0.2, 0) is 4.74 Å². The Morgan fingerprint density at radius 3 is 2.90 bits per heavy atom. The Morgan fingerprint density at radius 2 is 2.13 bits per heavy atom. The summed E-state index contributed by atoms with van der Waals surface area (Å²) >= 11 is 1.64. The first kappa shape index (κ1) is 19.3. The lowest BCUT2D eigenvalue weighted by Crippen LogP contribution is -2.41. The summed E-state index contributed by atoms with van der Waals surface area (Å²) in [6.45, 7) is 4.79. The van der Waals surface area contributed by atoms with E-state index in [4.69, 9.17) is 9.72 Å². The van der Waals surface area contributed by atoms with Crippen molar-refractivity contribution in [2.24, 2.45) is 0 Å². The van der Waals surface area contributed by atoms with Crippen LogP contribution in [0.25, 0.3) is 16.5 Å². The normalized spacial score (nSPS) is 17.2. The predicted molar refractivity (Wildman–Crippen MR) is 114 cm³/mol. The smallest absolute Gasteiger partial charge is 0.254 e. The molecule has 1 amide bonds. The van der Waals surface area contributed by atoms with Gasteiger partial charge in [-0.3, -0.25) is 9.69 Å². The zero-order valence-corrected chi connectivity index (χ0v) is 17.5. The molecule has 0 radical (unpaired) electrons. The molecule has 5 rings (SSSR count). The average Bonchev–Trinajstić information content (AvgIpc) is 3.28. The maximum Gasteiger partial charge on any atom is 0.254 e. The van der Waals surface area contributed by atoms with Gasteiger partial charge in [0.15, 0.2) is 0 Å². The number of hydrogen-bond donors (Lipinski definition) is 1. The van der Waals surface area contributed by atoms with Crippen LogP contribution in [0.15, 0.2) is 36.0 Å². The fourth-order valence-electron chi connectivity index (χ4n) is 3.70. The summed E-state index contributed by atoms with van der Waals surface area (Å²) in [6, 6.07) is 5.94. The molecule has 2 fully saturated rings. The first-order chi connectivity index (χ1) is 14.8. The fraction of sp³-hybridized carbons (Fsp3) is 0.429. The van der Waals surface area contributed by atoms with Crippen molar-refractivity contribution in [3.05, 3.63) is 47.2 Å². The van der Waals surface area contributed by atoms with Gasteiger partial charge in [0.25, 0.3) is 11.9 Å². The van der Waals surface area contributed by atoms with Gasteiger partial charge in [0, 0.05) is 38.3 Å². The lowest BCUT2D eigenvalue weighted by atomic mass is 10.1. The quantitative estimate of drug-likeness (QED) is 0.627. The minimum Gasteiger partial charge on any atom is -0.379 e. The molecule has 0 atom stereocenters. The van der Waals surface area contributed by atoms with Gasteiger partial charge in [0.2, 0.25) is 0 Å². The van der Waals surface area contributed by atoms with Gasteiger partial charge in [0.05, 0.1) is 41.2 Å². The molecule has 4 heterocycles. The van der Waals surface area contributed by atoms with Crippen LogP contribution in [-0.4, -0.2) is 69.9 Å². The van der Waals surface area contributed by atoms with E-state index < -0.39 is 0 Å². The second kappa shape index (κ2) is 8.63. The average molecular weight is 425 g/mol. The zero-order valence-electron chi connectivity index (χ0n) is 16.7. The third-order valence-corrected chi connectivity index (χ3v) is 6.33. The summed E-state index contributed by atoms with van der Waals surface area (Å²) in [4.78, 5) is 25.4. The Kier molecular flexibility index (Phi) is 5.56. The molecule has 1 N–H and O–H groups in total. The molecular formula is C21H24N6O2S. The molecule has 1 aliphatic carbocycles. The van der Waals surface area contributed by atoms with Crippen LogP contribution in [0.2, 0.25) is 0 Å². The highest BCUT2D eigenvalue weighted by Crippen LogP contribution is 2.42. The number of nitrogens with zero attached hydrogens (tertiary/aromatic N) is 5. The van der Waals surface area contributed by atoms with E-state index in [9.17, 15) is 4.79 Å². The third-order valence-electron chi connectivity index (χ3n) is 5.44. The molecule has 1 saturated carbocycles. The number of ether oxygens (including phenoxy) is 1. The van der Waals surface area contributed by atoms with E-state index in [1.54, 1.807) is 28.4 Å². The largest absolute Gasteiger partial charge is 0.379 e. The number of carbonyl (C=O) groups excluding carboxylic acids is 1. The molecule has 8 nitrogen and oxygen atoms in total. The summed E-state index contributed by atoms with van der Waals surface area (Å²) in [5, 5.41) is 9.58. The van der Waals surface area contributed by atoms with Crippen LogP contribution < -0.4 is 5.32 Å². The van der Waals surface area contributed by atoms with Crippen LogP contribution >= 0.6 is 11.3 Å². The van der Waals surface area contributed by atoms with E-state index in [2.05, 4.69) is 20.3 Å². The van der Waals surface area contributed by atoms with Crippen LogP contribution in [0.1, 0.15) is 34.8 Å². The molecule has 0 bridgehead atoms. The SMILES string of the molecule is O=C(NCCN1CCOCC1)c1cnn(-c2nccc(-c3cccs3)n2)c1C1CC1. The van der Waals surface area contributed by atoms with E-state index in [0.29, 0.717) is 24.0 Å². The molecule has 156 valence electrons. The standard InChI is InChI=1S/C21H24N6O2S/c28-20(22-7-8-26-9-11-29-12-10-26)16-14-24-27(19(16)15-3-4-15)21-23-6-5-17(25-21)18-2-1-13-30-18/h1-2,5-6,13-15H,3-4,7-12H2,(H,22,28). The van der Waals surface area contributed by atoms with Crippen molar-refractivity contribution in [1.29, 1.82) is 0 Å². The summed E-state index contributed by atoms with van der Waals surface area (Å²) < 4.78 is 7.11. The molecule has 3 aromatic heterocycles. The van der Waals surface area contributed by atoms with Crippen LogP contribution in [0.3, 0.4) is 0 Å². The summed E-state index contributed by atoms with van der Waals surface area (Å²) in [5.41, 5.74) is 2.41. The Bertz CT molecular complexity index is 1010. The van der Waals surface area contributed by atoms with Gasteiger partial charge in [-0.2, -0.15) is 5.10 Å². The monoisotopic (exact) mass is 424 g/mol. The molecular weight excluding hydrogens is 400 g/mol. The maximum atomic E-state index is 12.9. The molecule has 1 saturated heterocycles. The number of rotatable bonds is 7. The van der Waals surface area contributed by atoms with Crippen molar-refractivity contribution in [2.45, 2.75) is 18.8 Å². The van der Waals surface area contributed by atoms with Gasteiger partial charge in [0.1, 0.15) is 0 Å². The van der Waals surface area contributed by atoms with E-state index in [1.165, 1.54) is 0 Å². The number of thiophene rings is 1. The molecule has 0 spiro atoms. The molecule has 0 unspecified atom stereocenters. The van der Waals surface area contributed by atoms with Gasteiger partial charge >= 0.3 is 0 Å². The van der Waals surface area contributed by atoms with Crippen LogP contribution in [0.5, 0.6) is 0 Å².